The number of anilines is 1. The molecule has 0 saturated heterocycles. The van der Waals surface area contributed by atoms with Gasteiger partial charge in [0.1, 0.15) is 11.4 Å². The zero-order valence-electron chi connectivity index (χ0n) is 23.1. The average molecular weight is 550 g/mol. The first-order valence-corrected chi connectivity index (χ1v) is 14.7. The van der Waals surface area contributed by atoms with Gasteiger partial charge in [0, 0.05) is 20.0 Å². The third kappa shape index (κ3) is 6.45. The third-order valence-electron chi connectivity index (χ3n) is 6.64. The van der Waals surface area contributed by atoms with Gasteiger partial charge in [-0.05, 0) is 92.4 Å². The minimum Gasteiger partial charge on any atom is -0.494 e. The summed E-state index contributed by atoms with van der Waals surface area (Å²) in [7, 11) is -1.85. The number of hydrogen-bond donors (Lipinski definition) is 0. The lowest BCUT2D eigenvalue weighted by Crippen LogP contribution is -2.35. The number of ether oxygens (including phenoxy) is 2. The van der Waals surface area contributed by atoms with E-state index in [-0.39, 0.29) is 11.8 Å². The Morgan fingerprint density at radius 1 is 1.10 bits per heavy atom. The van der Waals surface area contributed by atoms with Crippen molar-refractivity contribution in [2.75, 3.05) is 30.3 Å². The lowest BCUT2D eigenvalue weighted by atomic mass is 9.98. The molecule has 0 bridgehead atoms. The van der Waals surface area contributed by atoms with E-state index >= 15 is 0 Å². The van der Waals surface area contributed by atoms with Gasteiger partial charge in [-0.2, -0.15) is 5.26 Å². The summed E-state index contributed by atoms with van der Waals surface area (Å²) >= 11 is 0. The van der Waals surface area contributed by atoms with Crippen molar-refractivity contribution in [2.24, 2.45) is 0 Å². The second kappa shape index (κ2) is 11.1. The molecule has 3 aromatic rings. The van der Waals surface area contributed by atoms with E-state index in [0.29, 0.717) is 43.0 Å². The van der Waals surface area contributed by atoms with Crippen LogP contribution in [0.5, 0.6) is 5.75 Å². The van der Waals surface area contributed by atoms with Gasteiger partial charge in [0.15, 0.2) is 0 Å². The van der Waals surface area contributed by atoms with E-state index in [1.807, 2.05) is 57.2 Å². The van der Waals surface area contributed by atoms with E-state index in [2.05, 4.69) is 6.07 Å². The highest BCUT2D eigenvalue weighted by molar-refractivity contribution is 7.92. The molecule has 0 spiro atoms. The molecule has 1 heterocycles. The van der Waals surface area contributed by atoms with E-state index in [9.17, 15) is 18.5 Å². The van der Waals surface area contributed by atoms with Gasteiger partial charge >= 0.3 is 6.09 Å². The van der Waals surface area contributed by atoms with Crippen LogP contribution in [0.1, 0.15) is 56.8 Å². The number of carbonyl (C=O) groups excluding carboxylic acids is 1. The maximum atomic E-state index is 13.2. The van der Waals surface area contributed by atoms with Crippen molar-refractivity contribution in [3.63, 3.8) is 0 Å². The zero-order valence-corrected chi connectivity index (χ0v) is 23.9. The first kappa shape index (κ1) is 28.2. The van der Waals surface area contributed by atoms with Crippen molar-refractivity contribution in [2.45, 2.75) is 52.2 Å². The summed E-state index contributed by atoms with van der Waals surface area (Å²) in [6, 6.07) is 18.7. The summed E-state index contributed by atoms with van der Waals surface area (Å²) in [5, 5.41) is 11.2. The minimum atomic E-state index is -3.55. The summed E-state index contributed by atoms with van der Waals surface area (Å²) in [6.07, 6.45) is 0.755. The van der Waals surface area contributed by atoms with Crippen LogP contribution in [0.25, 0.3) is 10.8 Å². The van der Waals surface area contributed by atoms with Crippen LogP contribution in [0, 0.1) is 11.3 Å². The van der Waals surface area contributed by atoms with Gasteiger partial charge in [-0.25, -0.2) is 13.2 Å². The SMILES string of the molecule is CCS(=O)(=O)N1c2ccc(OCCCN(C)C(=O)OC(C)(C)C)cc2CC1c1ccc2ccc(C#N)cc2c1. The molecule has 1 unspecified atom stereocenters. The lowest BCUT2D eigenvalue weighted by Gasteiger charge is -2.27. The fraction of sp³-hybridized carbons (Fsp3) is 0.400. The molecular weight excluding hydrogens is 514 g/mol. The predicted octanol–water partition coefficient (Wildman–Crippen LogP) is 5.80. The molecular formula is C30H35N3O5S. The van der Waals surface area contributed by atoms with Crippen molar-refractivity contribution < 1.29 is 22.7 Å². The monoisotopic (exact) mass is 549 g/mol. The Morgan fingerprint density at radius 3 is 2.54 bits per heavy atom. The number of carbonyl (C=O) groups is 1. The molecule has 0 fully saturated rings. The molecule has 4 rings (SSSR count). The van der Waals surface area contributed by atoms with Crippen molar-refractivity contribution in [1.82, 2.24) is 4.90 Å². The van der Waals surface area contributed by atoms with Crippen molar-refractivity contribution >= 4 is 32.6 Å². The van der Waals surface area contributed by atoms with Crippen LogP contribution in [-0.4, -0.2) is 51.0 Å². The number of nitriles is 1. The summed E-state index contributed by atoms with van der Waals surface area (Å²) in [6.45, 7) is 8.03. The smallest absolute Gasteiger partial charge is 0.410 e. The number of rotatable bonds is 8. The van der Waals surface area contributed by atoms with Crippen molar-refractivity contribution in [1.29, 1.82) is 5.26 Å². The second-order valence-electron chi connectivity index (χ2n) is 10.7. The maximum absolute atomic E-state index is 13.2. The molecule has 1 amide bonds. The molecule has 8 nitrogen and oxygen atoms in total. The average Bonchev–Trinajstić information content (AvgIpc) is 3.29. The summed E-state index contributed by atoms with van der Waals surface area (Å²) in [4.78, 5) is 13.7. The maximum Gasteiger partial charge on any atom is 0.410 e. The van der Waals surface area contributed by atoms with Gasteiger partial charge in [-0.3, -0.25) is 4.31 Å². The van der Waals surface area contributed by atoms with E-state index in [1.54, 1.807) is 32.2 Å². The fourth-order valence-corrected chi connectivity index (χ4v) is 6.03. The predicted molar refractivity (Wildman–Crippen MR) is 152 cm³/mol. The summed E-state index contributed by atoms with van der Waals surface area (Å²) in [5.74, 6) is 0.638. The largest absolute Gasteiger partial charge is 0.494 e. The second-order valence-corrected chi connectivity index (χ2v) is 12.9. The third-order valence-corrected chi connectivity index (χ3v) is 8.42. The highest BCUT2D eigenvalue weighted by Gasteiger charge is 2.38. The lowest BCUT2D eigenvalue weighted by molar-refractivity contribution is 0.0292. The molecule has 0 N–H and O–H groups in total. The molecule has 1 aliphatic heterocycles. The van der Waals surface area contributed by atoms with Gasteiger partial charge in [-0.15, -0.1) is 0 Å². The van der Waals surface area contributed by atoms with Crippen LogP contribution >= 0.6 is 0 Å². The van der Waals surface area contributed by atoms with Crippen LogP contribution in [0.15, 0.2) is 54.6 Å². The van der Waals surface area contributed by atoms with Crippen LogP contribution in [0.4, 0.5) is 10.5 Å². The van der Waals surface area contributed by atoms with Crippen LogP contribution in [-0.2, 0) is 21.2 Å². The van der Waals surface area contributed by atoms with Crippen LogP contribution in [0.3, 0.4) is 0 Å². The number of nitrogens with zero attached hydrogens (tertiary/aromatic N) is 3. The van der Waals surface area contributed by atoms with Gasteiger partial charge in [0.05, 0.1) is 35.7 Å². The minimum absolute atomic E-state index is 0.0154. The number of benzene rings is 3. The molecule has 1 aliphatic rings. The fourth-order valence-electron chi connectivity index (χ4n) is 4.69. The van der Waals surface area contributed by atoms with Crippen LogP contribution in [0.2, 0.25) is 0 Å². The van der Waals surface area contributed by atoms with E-state index < -0.39 is 21.7 Å². The Morgan fingerprint density at radius 2 is 1.85 bits per heavy atom. The van der Waals surface area contributed by atoms with E-state index in [4.69, 9.17) is 9.47 Å². The van der Waals surface area contributed by atoms with Crippen molar-refractivity contribution in [3.05, 3.63) is 71.3 Å². The summed E-state index contributed by atoms with van der Waals surface area (Å²) < 4.78 is 39.3. The van der Waals surface area contributed by atoms with Gasteiger partial charge in [0.25, 0.3) is 0 Å². The topological polar surface area (TPSA) is 99.9 Å². The quantitative estimate of drug-likeness (QED) is 0.329. The Kier molecular flexibility index (Phi) is 8.07. The van der Waals surface area contributed by atoms with Gasteiger partial charge < -0.3 is 14.4 Å². The molecule has 0 aliphatic carbocycles. The highest BCUT2D eigenvalue weighted by Crippen LogP contribution is 2.44. The Hall–Kier alpha value is -3.77. The molecule has 0 aromatic heterocycles. The van der Waals surface area contributed by atoms with Gasteiger partial charge in [-0.1, -0.05) is 18.2 Å². The van der Waals surface area contributed by atoms with E-state index in [1.165, 1.54) is 9.21 Å². The van der Waals surface area contributed by atoms with Gasteiger partial charge in [0.2, 0.25) is 10.0 Å². The molecule has 1 atom stereocenters. The molecule has 206 valence electrons. The Labute approximate surface area is 230 Å². The number of amides is 1. The van der Waals surface area contributed by atoms with Crippen molar-refractivity contribution in [3.8, 4) is 11.8 Å². The molecule has 9 heteroatoms. The summed E-state index contributed by atoms with van der Waals surface area (Å²) in [5.41, 5.74) is 2.44. The molecule has 39 heavy (non-hydrogen) atoms. The number of sulfonamides is 1. The highest BCUT2D eigenvalue weighted by atomic mass is 32.2. The molecule has 0 saturated carbocycles. The Bertz CT molecular complexity index is 1520. The first-order chi connectivity index (χ1) is 18.4. The van der Waals surface area contributed by atoms with Crippen LogP contribution < -0.4 is 9.04 Å². The van der Waals surface area contributed by atoms with E-state index in [0.717, 1.165) is 21.9 Å². The number of hydrogen-bond acceptors (Lipinski definition) is 6. The molecule has 0 radical (unpaired) electrons. The normalized spacial score (nSPS) is 15.1. The number of fused-ring (bicyclic) bond motifs is 2. The standard InChI is InChI=1S/C30H35N3O5S/c1-6-39(35,36)33-27-13-12-26(37-15-7-14-32(5)29(34)38-30(2,3)4)18-25(27)19-28(33)23-11-10-22-9-8-21(20-31)16-24(22)17-23/h8-13,16-18,28H,6-7,14-15,19H2,1-5H3. The Balaban J connectivity index is 1.50. The molecule has 3 aromatic carbocycles. The zero-order chi connectivity index (χ0) is 28.4. The first-order valence-electron chi connectivity index (χ1n) is 13.1.